The van der Waals surface area contributed by atoms with Crippen molar-refractivity contribution >= 4 is 23.5 Å². The smallest absolute Gasteiger partial charge is 0.407 e. The van der Waals surface area contributed by atoms with Gasteiger partial charge in [-0.2, -0.15) is 0 Å². The Bertz CT molecular complexity index is 1080. The Kier molecular flexibility index (Phi) is 13.7. The van der Waals surface area contributed by atoms with Crippen molar-refractivity contribution in [1.82, 2.24) is 16.0 Å². The van der Waals surface area contributed by atoms with Gasteiger partial charge >= 0.3 is 6.09 Å². The van der Waals surface area contributed by atoms with E-state index in [0.717, 1.165) is 22.3 Å². The first-order chi connectivity index (χ1) is 18.9. The van der Waals surface area contributed by atoms with Gasteiger partial charge in [-0.1, -0.05) is 62.2 Å². The van der Waals surface area contributed by atoms with Crippen molar-refractivity contribution < 1.29 is 28.6 Å². The molecule has 39 heavy (non-hydrogen) atoms. The van der Waals surface area contributed by atoms with E-state index in [1.807, 2.05) is 43.3 Å². The molecule has 0 spiro atoms. The van der Waals surface area contributed by atoms with Crippen LogP contribution in [0.4, 0.5) is 4.79 Å². The second-order valence-electron chi connectivity index (χ2n) is 8.74. The Labute approximate surface area is 230 Å². The number of hydrogen-bond acceptors (Lipinski definition) is 6. The predicted molar refractivity (Wildman–Crippen MR) is 152 cm³/mol. The second-order valence-corrected chi connectivity index (χ2v) is 8.74. The van der Waals surface area contributed by atoms with Crippen LogP contribution in [0.25, 0.3) is 5.57 Å². The summed E-state index contributed by atoms with van der Waals surface area (Å²) < 4.78 is 15.7. The molecule has 2 atom stereocenters. The van der Waals surface area contributed by atoms with Gasteiger partial charge in [0.25, 0.3) is 0 Å². The molecule has 0 aliphatic heterocycles. The number of rotatable bonds is 18. The van der Waals surface area contributed by atoms with Gasteiger partial charge in [-0.05, 0) is 42.0 Å². The highest BCUT2D eigenvalue weighted by molar-refractivity contribution is 5.91. The fraction of sp³-hybridized carbons (Fsp3) is 0.367. The summed E-state index contributed by atoms with van der Waals surface area (Å²) in [7, 11) is 0. The number of alkyl carbamates (subject to hydrolysis) is 1. The van der Waals surface area contributed by atoms with Gasteiger partial charge in [0.15, 0.2) is 0 Å². The van der Waals surface area contributed by atoms with Crippen molar-refractivity contribution in [1.29, 1.82) is 0 Å². The van der Waals surface area contributed by atoms with Crippen LogP contribution in [0.15, 0.2) is 80.3 Å². The molecule has 0 saturated carbocycles. The van der Waals surface area contributed by atoms with Gasteiger partial charge in [0.2, 0.25) is 11.8 Å². The molecule has 0 aromatic heterocycles. The highest BCUT2D eigenvalue weighted by atomic mass is 16.5. The molecule has 1 aliphatic rings. The molecule has 9 nitrogen and oxygen atoms in total. The van der Waals surface area contributed by atoms with E-state index < -0.39 is 18.0 Å². The van der Waals surface area contributed by atoms with Gasteiger partial charge in [0.1, 0.15) is 12.6 Å². The Morgan fingerprint density at radius 1 is 1.00 bits per heavy atom. The fourth-order valence-electron chi connectivity index (χ4n) is 4.17. The van der Waals surface area contributed by atoms with Crippen LogP contribution >= 0.6 is 0 Å². The minimum atomic E-state index is -1.12. The predicted octanol–water partition coefficient (Wildman–Crippen LogP) is 4.12. The van der Waals surface area contributed by atoms with Crippen molar-refractivity contribution in [3.8, 4) is 0 Å². The Balaban J connectivity index is 2.02. The Hall–Kier alpha value is -4.27. The third kappa shape index (κ3) is 10.2. The summed E-state index contributed by atoms with van der Waals surface area (Å²) in [6.45, 7) is 14.2. The van der Waals surface area contributed by atoms with E-state index in [-0.39, 0.29) is 24.9 Å². The molecule has 1 aromatic rings. The number of carbonyl (C=O) groups is 3. The lowest BCUT2D eigenvalue weighted by molar-refractivity contribution is -0.128. The summed E-state index contributed by atoms with van der Waals surface area (Å²) in [6.07, 6.45) is 8.24. The molecule has 1 aliphatic carbocycles. The van der Waals surface area contributed by atoms with E-state index in [9.17, 15) is 14.4 Å². The number of amides is 3. The molecule has 9 heteroatoms. The first-order valence-electron chi connectivity index (χ1n) is 12.9. The normalized spacial score (nSPS) is 14.6. The van der Waals surface area contributed by atoms with Crippen molar-refractivity contribution in [2.45, 2.75) is 38.1 Å². The van der Waals surface area contributed by atoms with E-state index in [1.54, 1.807) is 6.08 Å². The van der Waals surface area contributed by atoms with Gasteiger partial charge in [-0.3, -0.25) is 9.59 Å². The number of nitrogens with one attached hydrogen (secondary N) is 3. The molecule has 0 saturated heterocycles. The number of allylic oxidation sites excluding steroid dienone is 4. The van der Waals surface area contributed by atoms with Crippen molar-refractivity contribution in [3.63, 3.8) is 0 Å². The molecule has 3 N–H and O–H groups in total. The lowest BCUT2D eigenvalue weighted by atomic mass is 9.96. The van der Waals surface area contributed by atoms with Crippen LogP contribution in [0.2, 0.25) is 0 Å². The summed E-state index contributed by atoms with van der Waals surface area (Å²) in [5, 5.41) is 8.00. The van der Waals surface area contributed by atoms with Gasteiger partial charge in [0.05, 0.1) is 32.2 Å². The summed E-state index contributed by atoms with van der Waals surface area (Å²) >= 11 is 0. The topological polar surface area (TPSA) is 115 Å². The largest absolute Gasteiger partial charge is 0.502 e. The molecule has 210 valence electrons. The number of benzene rings is 1. The Morgan fingerprint density at radius 3 is 2.33 bits per heavy atom. The van der Waals surface area contributed by atoms with E-state index in [1.165, 1.54) is 12.5 Å². The van der Waals surface area contributed by atoms with Crippen LogP contribution in [0.1, 0.15) is 43.2 Å². The molecular formula is C30H39N3O6. The molecule has 2 rings (SSSR count). The van der Waals surface area contributed by atoms with Gasteiger partial charge < -0.3 is 30.2 Å². The van der Waals surface area contributed by atoms with E-state index in [4.69, 9.17) is 14.2 Å². The standard InChI is InChI=1S/C30H39N3O6/c1-5-8-13-24-22(4)23-14-9-10-15-25(23)26(24)21-39-30(36)33-27(29(35)32-17-12-19-38-7-3)20-28(34)31-16-11-18-37-6-2/h5-10,13-15,26-27H,1-3,11-12,16-21H2,4H3,(H,31,34)(H,32,35)(H,33,36)/b13-8-. The molecule has 0 radical (unpaired) electrons. The number of ether oxygens (including phenoxy) is 3. The lowest BCUT2D eigenvalue weighted by Crippen LogP contribution is -2.49. The SMILES string of the molecule is C=C/C=C\C1=C(C)c2ccccc2C1COC(=O)NC(CC(=O)NCCCOC=C)C(=O)NCCCOC=C. The fourth-order valence-corrected chi connectivity index (χ4v) is 4.17. The molecule has 2 unspecified atom stereocenters. The van der Waals surface area contributed by atoms with Crippen molar-refractivity contribution in [2.24, 2.45) is 0 Å². The zero-order valence-electron chi connectivity index (χ0n) is 22.6. The van der Waals surface area contributed by atoms with Crippen LogP contribution in [0.5, 0.6) is 0 Å². The maximum Gasteiger partial charge on any atom is 0.407 e. The van der Waals surface area contributed by atoms with E-state index in [0.29, 0.717) is 39.1 Å². The minimum absolute atomic E-state index is 0.0692. The molecular weight excluding hydrogens is 498 g/mol. The number of carbonyl (C=O) groups excluding carboxylic acids is 3. The first-order valence-corrected chi connectivity index (χ1v) is 12.9. The minimum Gasteiger partial charge on any atom is -0.502 e. The average Bonchev–Trinajstić information content (AvgIpc) is 3.20. The third-order valence-corrected chi connectivity index (χ3v) is 6.07. The van der Waals surface area contributed by atoms with Gasteiger partial charge in [-0.25, -0.2) is 4.79 Å². The number of hydrogen-bond donors (Lipinski definition) is 3. The summed E-state index contributed by atoms with van der Waals surface area (Å²) in [4.78, 5) is 38.1. The first kappa shape index (κ1) is 31.0. The maximum absolute atomic E-state index is 12.8. The van der Waals surface area contributed by atoms with Crippen molar-refractivity contribution in [3.05, 3.63) is 91.5 Å². The monoisotopic (exact) mass is 537 g/mol. The Morgan fingerprint density at radius 2 is 1.67 bits per heavy atom. The van der Waals surface area contributed by atoms with Crippen LogP contribution in [-0.2, 0) is 23.8 Å². The summed E-state index contributed by atoms with van der Waals surface area (Å²) in [5.41, 5.74) is 4.29. The zero-order chi connectivity index (χ0) is 28.5. The van der Waals surface area contributed by atoms with E-state index >= 15 is 0 Å². The lowest BCUT2D eigenvalue weighted by Gasteiger charge is -2.20. The highest BCUT2D eigenvalue weighted by Crippen LogP contribution is 2.42. The number of fused-ring (bicyclic) bond motifs is 1. The summed E-state index contributed by atoms with van der Waals surface area (Å²) in [5.74, 6) is -1.04. The molecule has 0 fully saturated rings. The van der Waals surface area contributed by atoms with E-state index in [2.05, 4.69) is 35.7 Å². The maximum atomic E-state index is 12.8. The van der Waals surface area contributed by atoms with Crippen LogP contribution in [-0.4, -0.2) is 56.9 Å². The zero-order valence-corrected chi connectivity index (χ0v) is 22.6. The van der Waals surface area contributed by atoms with Gasteiger partial charge in [-0.15, -0.1) is 0 Å². The quantitative estimate of drug-likeness (QED) is 0.147. The van der Waals surface area contributed by atoms with Crippen molar-refractivity contribution in [2.75, 3.05) is 32.9 Å². The average molecular weight is 538 g/mol. The molecule has 3 amide bonds. The molecule has 0 bridgehead atoms. The second kappa shape index (κ2) is 17.3. The third-order valence-electron chi connectivity index (χ3n) is 6.07. The molecule has 1 aromatic carbocycles. The molecule has 0 heterocycles. The highest BCUT2D eigenvalue weighted by Gasteiger charge is 2.30. The van der Waals surface area contributed by atoms with Crippen LogP contribution < -0.4 is 16.0 Å². The van der Waals surface area contributed by atoms with Gasteiger partial charge in [0, 0.05) is 19.0 Å². The summed E-state index contributed by atoms with van der Waals surface area (Å²) in [6, 6.07) is 6.85. The van der Waals surface area contributed by atoms with Crippen LogP contribution in [0.3, 0.4) is 0 Å². The van der Waals surface area contributed by atoms with Crippen LogP contribution in [0, 0.1) is 0 Å².